The molecule has 2 aromatic rings. The van der Waals surface area contributed by atoms with Crippen LogP contribution in [-0.4, -0.2) is 44.1 Å². The van der Waals surface area contributed by atoms with Gasteiger partial charge in [-0.05, 0) is 42.5 Å². The lowest BCUT2D eigenvalue weighted by Gasteiger charge is -2.31. The molecular formula is C19H23N3O4S. The van der Waals surface area contributed by atoms with Crippen LogP contribution >= 0.6 is 11.3 Å². The number of hydrogen-bond acceptors (Lipinski definition) is 5. The molecule has 2 heterocycles. The lowest BCUT2D eigenvalue weighted by atomic mass is 9.96. The van der Waals surface area contributed by atoms with Crippen molar-refractivity contribution in [3.63, 3.8) is 0 Å². The van der Waals surface area contributed by atoms with Crippen molar-refractivity contribution in [2.24, 2.45) is 5.92 Å². The maximum atomic E-state index is 12.6. The number of piperidine rings is 1. The van der Waals surface area contributed by atoms with Gasteiger partial charge in [0, 0.05) is 25.1 Å². The molecule has 1 aromatic carbocycles. The second-order valence-electron chi connectivity index (χ2n) is 6.22. The molecule has 0 spiro atoms. The van der Waals surface area contributed by atoms with Gasteiger partial charge in [-0.2, -0.15) is 0 Å². The zero-order valence-corrected chi connectivity index (χ0v) is 16.2. The zero-order chi connectivity index (χ0) is 19.2. The summed E-state index contributed by atoms with van der Waals surface area (Å²) in [6.07, 6.45) is 1.25. The number of anilines is 2. The average molecular weight is 389 g/mol. The van der Waals surface area contributed by atoms with E-state index < -0.39 is 0 Å². The molecule has 1 aromatic heterocycles. The van der Waals surface area contributed by atoms with Gasteiger partial charge in [0.25, 0.3) is 0 Å². The Labute approximate surface area is 162 Å². The molecule has 8 heteroatoms. The van der Waals surface area contributed by atoms with Crippen LogP contribution in [-0.2, 0) is 4.79 Å². The largest absolute Gasteiger partial charge is 0.497 e. The minimum Gasteiger partial charge on any atom is -0.497 e. The number of amides is 3. The van der Waals surface area contributed by atoms with Crippen LogP contribution < -0.4 is 20.1 Å². The van der Waals surface area contributed by atoms with E-state index in [1.54, 1.807) is 37.3 Å². The van der Waals surface area contributed by atoms with E-state index in [1.807, 2.05) is 17.5 Å². The molecule has 0 bridgehead atoms. The molecule has 7 nitrogen and oxygen atoms in total. The topological polar surface area (TPSA) is 79.9 Å². The summed E-state index contributed by atoms with van der Waals surface area (Å²) >= 11 is 1.48. The lowest BCUT2D eigenvalue weighted by molar-refractivity contribution is -0.121. The van der Waals surface area contributed by atoms with Gasteiger partial charge in [-0.3, -0.25) is 10.1 Å². The van der Waals surface area contributed by atoms with Crippen LogP contribution in [0.3, 0.4) is 0 Å². The van der Waals surface area contributed by atoms with Gasteiger partial charge in [0.05, 0.1) is 24.9 Å². The number of nitrogens with zero attached hydrogens (tertiary/aromatic N) is 1. The summed E-state index contributed by atoms with van der Waals surface area (Å²) in [7, 11) is 3.13. The summed E-state index contributed by atoms with van der Waals surface area (Å²) < 4.78 is 10.5. The van der Waals surface area contributed by atoms with E-state index in [9.17, 15) is 9.59 Å². The number of thiophene rings is 1. The first-order valence-corrected chi connectivity index (χ1v) is 9.61. The minimum atomic E-state index is -0.136. The summed E-state index contributed by atoms with van der Waals surface area (Å²) in [4.78, 5) is 26.6. The SMILES string of the molecule is COc1ccc(NC(=O)C2CCN(C(=O)Nc3cccs3)CC2)c(OC)c1. The molecule has 0 saturated carbocycles. The number of urea groups is 1. The Morgan fingerprint density at radius 3 is 2.52 bits per heavy atom. The summed E-state index contributed by atoms with van der Waals surface area (Å²) in [5.41, 5.74) is 0.612. The summed E-state index contributed by atoms with van der Waals surface area (Å²) in [5, 5.41) is 8.55. The number of nitrogens with one attached hydrogen (secondary N) is 2. The zero-order valence-electron chi connectivity index (χ0n) is 15.4. The Hall–Kier alpha value is -2.74. The molecule has 1 aliphatic heterocycles. The second-order valence-corrected chi connectivity index (χ2v) is 7.17. The molecule has 144 valence electrons. The maximum absolute atomic E-state index is 12.6. The van der Waals surface area contributed by atoms with Crippen LogP contribution in [0.2, 0.25) is 0 Å². The lowest BCUT2D eigenvalue weighted by Crippen LogP contribution is -2.43. The highest BCUT2D eigenvalue weighted by atomic mass is 32.1. The number of carbonyl (C=O) groups excluding carboxylic acids is 2. The minimum absolute atomic E-state index is 0.0585. The third kappa shape index (κ3) is 4.71. The highest BCUT2D eigenvalue weighted by molar-refractivity contribution is 7.14. The molecule has 0 aliphatic carbocycles. The van der Waals surface area contributed by atoms with Gasteiger partial charge >= 0.3 is 6.03 Å². The number of rotatable bonds is 5. The normalized spacial score (nSPS) is 14.5. The van der Waals surface area contributed by atoms with Crippen molar-refractivity contribution >= 4 is 34.0 Å². The molecule has 1 saturated heterocycles. The van der Waals surface area contributed by atoms with E-state index in [0.717, 1.165) is 5.00 Å². The smallest absolute Gasteiger partial charge is 0.322 e. The molecule has 27 heavy (non-hydrogen) atoms. The molecule has 3 amide bonds. The molecule has 3 rings (SSSR count). The Morgan fingerprint density at radius 2 is 1.89 bits per heavy atom. The molecular weight excluding hydrogens is 366 g/mol. The summed E-state index contributed by atoms with van der Waals surface area (Å²) in [5.74, 6) is 1.02. The molecule has 0 atom stereocenters. The van der Waals surface area contributed by atoms with Crippen molar-refractivity contribution in [2.45, 2.75) is 12.8 Å². The average Bonchev–Trinajstić information content (AvgIpc) is 3.21. The van der Waals surface area contributed by atoms with Crippen molar-refractivity contribution in [1.29, 1.82) is 0 Å². The van der Waals surface area contributed by atoms with Crippen molar-refractivity contribution in [3.05, 3.63) is 35.7 Å². The molecule has 0 radical (unpaired) electrons. The van der Waals surface area contributed by atoms with E-state index in [-0.39, 0.29) is 17.9 Å². The van der Waals surface area contributed by atoms with Crippen molar-refractivity contribution in [2.75, 3.05) is 37.9 Å². The number of methoxy groups -OCH3 is 2. The van der Waals surface area contributed by atoms with Gasteiger partial charge in [-0.1, -0.05) is 0 Å². The number of ether oxygens (including phenoxy) is 2. The van der Waals surface area contributed by atoms with Crippen LogP contribution in [0.15, 0.2) is 35.7 Å². The first-order chi connectivity index (χ1) is 13.1. The summed E-state index contributed by atoms with van der Waals surface area (Å²) in [6.45, 7) is 1.10. The van der Waals surface area contributed by atoms with Gasteiger partial charge in [-0.25, -0.2) is 4.79 Å². The van der Waals surface area contributed by atoms with E-state index >= 15 is 0 Å². The Morgan fingerprint density at radius 1 is 1.11 bits per heavy atom. The number of likely N-dealkylation sites (tertiary alicyclic amines) is 1. The quantitative estimate of drug-likeness (QED) is 0.818. The highest BCUT2D eigenvalue weighted by Crippen LogP contribution is 2.30. The second kappa shape index (κ2) is 8.77. The third-order valence-electron chi connectivity index (χ3n) is 4.57. The first kappa shape index (κ1) is 19.0. The fraction of sp³-hybridized carbons (Fsp3) is 0.368. The van der Waals surface area contributed by atoms with Crippen molar-refractivity contribution in [1.82, 2.24) is 4.90 Å². The van der Waals surface area contributed by atoms with Crippen LogP contribution in [0.1, 0.15) is 12.8 Å². The Balaban J connectivity index is 1.53. The molecule has 1 fully saturated rings. The van der Waals surface area contributed by atoms with Crippen molar-refractivity contribution < 1.29 is 19.1 Å². The van der Waals surface area contributed by atoms with E-state index in [0.29, 0.717) is 43.1 Å². The van der Waals surface area contributed by atoms with E-state index in [4.69, 9.17) is 9.47 Å². The predicted molar refractivity (Wildman–Crippen MR) is 106 cm³/mol. The molecule has 2 N–H and O–H groups in total. The van der Waals surface area contributed by atoms with Crippen LogP contribution in [0.5, 0.6) is 11.5 Å². The number of benzene rings is 1. The molecule has 0 unspecified atom stereocenters. The van der Waals surface area contributed by atoms with Crippen LogP contribution in [0, 0.1) is 5.92 Å². The van der Waals surface area contributed by atoms with Crippen LogP contribution in [0.4, 0.5) is 15.5 Å². The van der Waals surface area contributed by atoms with Gasteiger partial charge < -0.3 is 19.7 Å². The number of carbonyl (C=O) groups is 2. The fourth-order valence-corrected chi connectivity index (χ4v) is 3.62. The van der Waals surface area contributed by atoms with Gasteiger partial charge in [0.2, 0.25) is 5.91 Å². The van der Waals surface area contributed by atoms with Gasteiger partial charge in [0.15, 0.2) is 0 Å². The monoisotopic (exact) mass is 389 g/mol. The number of hydrogen-bond donors (Lipinski definition) is 2. The van der Waals surface area contributed by atoms with E-state index in [2.05, 4.69) is 10.6 Å². The Bertz CT molecular complexity index is 786. The third-order valence-corrected chi connectivity index (χ3v) is 5.36. The predicted octanol–water partition coefficient (Wildman–Crippen LogP) is 3.65. The fourth-order valence-electron chi connectivity index (χ4n) is 3.02. The first-order valence-electron chi connectivity index (χ1n) is 8.73. The summed E-state index contributed by atoms with van der Waals surface area (Å²) in [6, 6.07) is 8.91. The maximum Gasteiger partial charge on any atom is 0.322 e. The Kier molecular flexibility index (Phi) is 6.18. The molecule has 1 aliphatic rings. The van der Waals surface area contributed by atoms with Gasteiger partial charge in [0.1, 0.15) is 11.5 Å². The standard InChI is InChI=1S/C19H23N3O4S/c1-25-14-5-6-15(16(12-14)26-2)20-18(23)13-7-9-22(10-8-13)19(24)21-17-4-3-11-27-17/h3-6,11-13H,7-10H2,1-2H3,(H,20,23)(H,21,24). The van der Waals surface area contributed by atoms with Crippen LogP contribution in [0.25, 0.3) is 0 Å². The van der Waals surface area contributed by atoms with Gasteiger partial charge in [-0.15, -0.1) is 11.3 Å². The van der Waals surface area contributed by atoms with Crippen molar-refractivity contribution in [3.8, 4) is 11.5 Å². The highest BCUT2D eigenvalue weighted by Gasteiger charge is 2.28. The van der Waals surface area contributed by atoms with E-state index in [1.165, 1.54) is 11.3 Å².